The number of imidazole rings is 1. The highest BCUT2D eigenvalue weighted by atomic mass is 35.5. The largest absolute Gasteiger partial charge is 0.390 e. The normalized spacial score (nSPS) is 10.8. The van der Waals surface area contributed by atoms with Gasteiger partial charge in [0.1, 0.15) is 12.1 Å². The molecule has 5 heteroatoms. The summed E-state index contributed by atoms with van der Waals surface area (Å²) in [6.07, 6.45) is 3.77. The molecule has 0 atom stereocenters. The van der Waals surface area contributed by atoms with Crippen molar-refractivity contribution in [2.24, 2.45) is 0 Å². The molecule has 1 N–H and O–H groups in total. The van der Waals surface area contributed by atoms with Crippen LogP contribution in [0.3, 0.4) is 0 Å². The Hall–Kier alpha value is -1.65. The van der Waals surface area contributed by atoms with Gasteiger partial charge in [-0.25, -0.2) is 4.98 Å². The maximum absolute atomic E-state index is 10.7. The second-order valence-electron chi connectivity index (χ2n) is 4.97. The number of hydrogen-bond donors (Lipinski definition) is 1. The molecule has 1 heterocycles. The standard InChI is InChI=1S/C16H19ClN2O2/c1-2-3-4-15-18-16(17)14(11-21)19(15)9-12-5-7-13(10-20)8-6-12/h5-8,10,21H,2-4,9,11H2,1H3. The fraction of sp³-hybridized carbons (Fsp3) is 0.375. The van der Waals surface area contributed by atoms with Crippen LogP contribution in [0, 0.1) is 0 Å². The second kappa shape index (κ2) is 7.38. The van der Waals surface area contributed by atoms with Crippen LogP contribution in [0.25, 0.3) is 0 Å². The Balaban J connectivity index is 2.29. The number of halogens is 1. The minimum Gasteiger partial charge on any atom is -0.390 e. The Kier molecular flexibility index (Phi) is 5.53. The molecule has 0 saturated carbocycles. The topological polar surface area (TPSA) is 55.1 Å². The van der Waals surface area contributed by atoms with E-state index in [9.17, 15) is 9.90 Å². The molecule has 21 heavy (non-hydrogen) atoms. The van der Waals surface area contributed by atoms with Crippen LogP contribution >= 0.6 is 11.6 Å². The van der Waals surface area contributed by atoms with E-state index in [1.807, 2.05) is 16.7 Å². The van der Waals surface area contributed by atoms with E-state index >= 15 is 0 Å². The smallest absolute Gasteiger partial charge is 0.152 e. The summed E-state index contributed by atoms with van der Waals surface area (Å²) in [6.45, 7) is 2.58. The van der Waals surface area contributed by atoms with Crippen LogP contribution in [0.5, 0.6) is 0 Å². The summed E-state index contributed by atoms with van der Waals surface area (Å²) in [5.74, 6) is 0.894. The third-order valence-electron chi connectivity index (χ3n) is 3.46. The van der Waals surface area contributed by atoms with Crippen molar-refractivity contribution in [1.82, 2.24) is 9.55 Å². The molecular weight excluding hydrogens is 288 g/mol. The summed E-state index contributed by atoms with van der Waals surface area (Å²) in [6, 6.07) is 7.38. The van der Waals surface area contributed by atoms with Crippen LogP contribution in [0.1, 0.15) is 47.2 Å². The van der Waals surface area contributed by atoms with E-state index in [2.05, 4.69) is 11.9 Å². The van der Waals surface area contributed by atoms with Gasteiger partial charge in [-0.1, -0.05) is 49.2 Å². The molecule has 0 bridgehead atoms. The molecule has 0 fully saturated rings. The van der Waals surface area contributed by atoms with Gasteiger partial charge in [0.05, 0.1) is 12.3 Å². The monoisotopic (exact) mass is 306 g/mol. The van der Waals surface area contributed by atoms with E-state index in [1.165, 1.54) is 0 Å². The first-order valence-corrected chi connectivity index (χ1v) is 7.46. The minimum absolute atomic E-state index is 0.135. The first-order valence-electron chi connectivity index (χ1n) is 7.08. The number of benzene rings is 1. The van der Waals surface area contributed by atoms with E-state index < -0.39 is 0 Å². The molecule has 2 rings (SSSR count). The lowest BCUT2D eigenvalue weighted by molar-refractivity contribution is 0.112. The lowest BCUT2D eigenvalue weighted by Gasteiger charge is -2.11. The van der Waals surface area contributed by atoms with Crippen molar-refractivity contribution in [3.8, 4) is 0 Å². The van der Waals surface area contributed by atoms with Crippen molar-refractivity contribution in [2.75, 3.05) is 0 Å². The molecule has 0 radical (unpaired) electrons. The van der Waals surface area contributed by atoms with Crippen molar-refractivity contribution < 1.29 is 9.90 Å². The number of aliphatic hydroxyl groups is 1. The first kappa shape index (κ1) is 15.7. The molecule has 2 aromatic rings. The molecule has 112 valence electrons. The summed E-state index contributed by atoms with van der Waals surface area (Å²) >= 11 is 6.10. The first-order chi connectivity index (χ1) is 10.2. The average Bonchev–Trinajstić information content (AvgIpc) is 2.81. The fourth-order valence-electron chi connectivity index (χ4n) is 2.25. The van der Waals surface area contributed by atoms with Crippen molar-refractivity contribution in [3.05, 3.63) is 52.1 Å². The predicted octanol–water partition coefficient (Wildman–Crippen LogP) is 3.23. The number of aromatic nitrogens is 2. The quantitative estimate of drug-likeness (QED) is 0.799. The Morgan fingerprint density at radius 2 is 2.05 bits per heavy atom. The molecule has 0 unspecified atom stereocenters. The molecule has 0 aliphatic heterocycles. The maximum Gasteiger partial charge on any atom is 0.152 e. The van der Waals surface area contributed by atoms with Gasteiger partial charge in [-0.2, -0.15) is 0 Å². The second-order valence-corrected chi connectivity index (χ2v) is 5.33. The van der Waals surface area contributed by atoms with Gasteiger partial charge >= 0.3 is 0 Å². The summed E-state index contributed by atoms with van der Waals surface area (Å²) in [4.78, 5) is 15.0. The average molecular weight is 307 g/mol. The SMILES string of the molecule is CCCCc1nc(Cl)c(CO)n1Cc1ccc(C=O)cc1. The fourth-order valence-corrected chi connectivity index (χ4v) is 2.51. The highest BCUT2D eigenvalue weighted by molar-refractivity contribution is 6.30. The summed E-state index contributed by atoms with van der Waals surface area (Å²) in [5, 5.41) is 9.88. The molecule has 0 saturated heterocycles. The van der Waals surface area contributed by atoms with E-state index in [0.29, 0.717) is 23.0 Å². The Morgan fingerprint density at radius 3 is 2.62 bits per heavy atom. The number of nitrogens with zero attached hydrogens (tertiary/aromatic N) is 2. The Labute approximate surface area is 129 Å². The van der Waals surface area contributed by atoms with E-state index in [4.69, 9.17) is 11.6 Å². The molecule has 1 aromatic carbocycles. The maximum atomic E-state index is 10.7. The summed E-state index contributed by atoms with van der Waals surface area (Å²) in [5.41, 5.74) is 2.33. The van der Waals surface area contributed by atoms with Crippen LogP contribution in [-0.4, -0.2) is 20.9 Å². The number of hydrogen-bond acceptors (Lipinski definition) is 3. The number of aliphatic hydroxyl groups excluding tert-OH is 1. The minimum atomic E-state index is -0.135. The van der Waals surface area contributed by atoms with E-state index in [0.717, 1.165) is 36.9 Å². The van der Waals surface area contributed by atoms with Gasteiger partial charge < -0.3 is 9.67 Å². The number of aldehydes is 1. The third-order valence-corrected chi connectivity index (χ3v) is 3.77. The van der Waals surface area contributed by atoms with Crippen molar-refractivity contribution in [2.45, 2.75) is 39.3 Å². The zero-order valence-electron chi connectivity index (χ0n) is 12.1. The van der Waals surface area contributed by atoms with E-state index in [1.54, 1.807) is 12.1 Å². The number of unbranched alkanes of at least 4 members (excludes halogenated alkanes) is 1. The number of carbonyl (C=O) groups excluding carboxylic acids is 1. The van der Waals surface area contributed by atoms with Crippen LogP contribution < -0.4 is 0 Å². The number of rotatable bonds is 7. The lowest BCUT2D eigenvalue weighted by Crippen LogP contribution is -2.09. The predicted molar refractivity (Wildman–Crippen MR) is 82.7 cm³/mol. The molecular formula is C16H19ClN2O2. The van der Waals surface area contributed by atoms with Gasteiger partial charge in [-0.3, -0.25) is 4.79 Å². The number of aryl methyl sites for hydroxylation is 1. The van der Waals surface area contributed by atoms with Crippen LogP contribution in [0.2, 0.25) is 5.15 Å². The molecule has 0 amide bonds. The van der Waals surface area contributed by atoms with Gasteiger partial charge in [-0.05, 0) is 12.0 Å². The third kappa shape index (κ3) is 3.71. The van der Waals surface area contributed by atoms with Crippen molar-refractivity contribution in [3.63, 3.8) is 0 Å². The van der Waals surface area contributed by atoms with E-state index in [-0.39, 0.29) is 6.61 Å². The van der Waals surface area contributed by atoms with Gasteiger partial charge in [0.2, 0.25) is 0 Å². The molecule has 0 aliphatic carbocycles. The molecule has 4 nitrogen and oxygen atoms in total. The van der Waals surface area contributed by atoms with Crippen LogP contribution in [0.4, 0.5) is 0 Å². The molecule has 0 spiro atoms. The van der Waals surface area contributed by atoms with Crippen LogP contribution in [-0.2, 0) is 19.6 Å². The molecule has 1 aromatic heterocycles. The zero-order valence-corrected chi connectivity index (χ0v) is 12.8. The van der Waals surface area contributed by atoms with Crippen LogP contribution in [0.15, 0.2) is 24.3 Å². The summed E-state index contributed by atoms with van der Waals surface area (Å²) in [7, 11) is 0. The van der Waals surface area contributed by atoms with Gasteiger partial charge in [-0.15, -0.1) is 0 Å². The van der Waals surface area contributed by atoms with Gasteiger partial charge in [0.25, 0.3) is 0 Å². The van der Waals surface area contributed by atoms with Gasteiger partial charge in [0, 0.05) is 18.5 Å². The van der Waals surface area contributed by atoms with Crippen molar-refractivity contribution >= 4 is 17.9 Å². The number of carbonyl (C=O) groups is 1. The zero-order chi connectivity index (χ0) is 15.2. The summed E-state index contributed by atoms with van der Waals surface area (Å²) < 4.78 is 1.97. The highest BCUT2D eigenvalue weighted by Crippen LogP contribution is 2.20. The van der Waals surface area contributed by atoms with Gasteiger partial charge in [0.15, 0.2) is 5.15 Å². The molecule has 0 aliphatic rings. The highest BCUT2D eigenvalue weighted by Gasteiger charge is 2.15. The lowest BCUT2D eigenvalue weighted by atomic mass is 10.1. The Morgan fingerprint density at radius 1 is 1.33 bits per heavy atom. The van der Waals surface area contributed by atoms with Crippen molar-refractivity contribution in [1.29, 1.82) is 0 Å². The Bertz CT molecular complexity index is 605.